The van der Waals surface area contributed by atoms with E-state index in [4.69, 9.17) is 35.8 Å². The third-order valence-electron chi connectivity index (χ3n) is 5.22. The summed E-state index contributed by atoms with van der Waals surface area (Å²) in [4.78, 5) is 0. The van der Waals surface area contributed by atoms with Crippen molar-refractivity contribution in [3.63, 3.8) is 0 Å². The number of hydrogen-bond donors (Lipinski definition) is 4. The van der Waals surface area contributed by atoms with Gasteiger partial charge in [0.15, 0.2) is 0 Å². The molecule has 0 spiro atoms. The highest BCUT2D eigenvalue weighted by Gasteiger charge is 2.16. The van der Waals surface area contributed by atoms with Gasteiger partial charge in [-0.2, -0.15) is 0 Å². The van der Waals surface area contributed by atoms with Crippen LogP contribution in [0.25, 0.3) is 0 Å². The number of hydrogen-bond acceptors (Lipinski definition) is 7. The number of benzene rings is 3. The van der Waals surface area contributed by atoms with E-state index in [0.717, 1.165) is 5.56 Å². The predicted molar refractivity (Wildman–Crippen MR) is 139 cm³/mol. The van der Waals surface area contributed by atoms with Crippen LogP contribution in [0, 0.1) is 21.6 Å². The van der Waals surface area contributed by atoms with Gasteiger partial charge in [-0.25, -0.2) is 0 Å². The molecule has 0 radical (unpaired) electrons. The molecule has 0 heterocycles. The van der Waals surface area contributed by atoms with Gasteiger partial charge in [0.2, 0.25) is 23.6 Å². The first-order chi connectivity index (χ1) is 16.6. The molecule has 0 bridgehead atoms. The zero-order valence-corrected chi connectivity index (χ0v) is 20.4. The summed E-state index contributed by atoms with van der Waals surface area (Å²) < 4.78 is 16.4. The third kappa shape index (κ3) is 6.63. The summed E-state index contributed by atoms with van der Waals surface area (Å²) in [5.74, 6) is -0.159. The maximum atomic E-state index is 8.30. The minimum Gasteiger partial charge on any atom is -0.494 e. The van der Waals surface area contributed by atoms with Crippen molar-refractivity contribution < 1.29 is 14.2 Å². The second-order valence-corrected chi connectivity index (χ2v) is 8.89. The molecule has 7 heteroatoms. The summed E-state index contributed by atoms with van der Waals surface area (Å²) in [5, 5.41) is 33.0. The average molecular weight is 471 g/mol. The molecule has 0 aliphatic carbocycles. The topological polar surface area (TPSA) is 123 Å². The molecule has 7 nitrogen and oxygen atoms in total. The van der Waals surface area contributed by atoms with Gasteiger partial charge in [-0.15, -0.1) is 0 Å². The van der Waals surface area contributed by atoms with Crippen LogP contribution in [0.2, 0.25) is 0 Å². The van der Waals surface area contributed by atoms with Crippen LogP contribution in [0.15, 0.2) is 72.8 Å². The van der Waals surface area contributed by atoms with Crippen molar-refractivity contribution in [2.45, 2.75) is 33.1 Å². The lowest BCUT2D eigenvalue weighted by molar-refractivity contribution is 0.340. The van der Waals surface area contributed by atoms with Crippen LogP contribution in [0.3, 0.4) is 0 Å². The Hall–Kier alpha value is -4.26. The van der Waals surface area contributed by atoms with Crippen molar-refractivity contribution >= 4 is 23.6 Å². The Labute approximate surface area is 205 Å². The van der Waals surface area contributed by atoms with E-state index in [0.29, 0.717) is 34.6 Å². The number of nitrogens with one attached hydrogen (secondary N) is 4. The summed E-state index contributed by atoms with van der Waals surface area (Å²) in [6, 6.07) is 21.0. The largest absolute Gasteiger partial charge is 0.494 e. The maximum Gasteiger partial charge on any atom is 0.221 e. The Morgan fingerprint density at radius 1 is 0.629 bits per heavy atom. The van der Waals surface area contributed by atoms with E-state index in [1.807, 2.05) is 31.2 Å². The van der Waals surface area contributed by atoms with E-state index in [-0.39, 0.29) is 29.0 Å². The van der Waals surface area contributed by atoms with Gasteiger partial charge in [-0.05, 0) is 66.4 Å². The van der Waals surface area contributed by atoms with E-state index < -0.39 is 0 Å². The molecule has 0 aliphatic heterocycles. The fourth-order valence-electron chi connectivity index (χ4n) is 3.26. The highest BCUT2D eigenvalue weighted by molar-refractivity contribution is 6.08. The molecular formula is C28H30N4O3. The van der Waals surface area contributed by atoms with Gasteiger partial charge in [0.1, 0.15) is 5.75 Å². The second kappa shape index (κ2) is 10.8. The zero-order chi connectivity index (χ0) is 25.6. The normalized spacial score (nSPS) is 10.9. The molecule has 0 aliphatic rings. The molecule has 35 heavy (non-hydrogen) atoms. The molecule has 180 valence electrons. The van der Waals surface area contributed by atoms with E-state index in [9.17, 15) is 0 Å². The highest BCUT2D eigenvalue weighted by atomic mass is 16.5. The summed E-state index contributed by atoms with van der Waals surface area (Å²) >= 11 is 0. The van der Waals surface area contributed by atoms with Gasteiger partial charge in [-0.3, -0.25) is 21.6 Å². The van der Waals surface area contributed by atoms with Crippen molar-refractivity contribution in [1.82, 2.24) is 0 Å². The van der Waals surface area contributed by atoms with Crippen molar-refractivity contribution in [3.05, 3.63) is 101 Å². The fraction of sp³-hybridized carbons (Fsp3) is 0.214. The van der Waals surface area contributed by atoms with E-state index >= 15 is 0 Å². The Morgan fingerprint density at radius 3 is 1.57 bits per heavy atom. The number of ether oxygens (including phenoxy) is 3. The lowest BCUT2D eigenvalue weighted by atomic mass is 9.87. The predicted octanol–water partition coefficient (Wildman–Crippen LogP) is 6.12. The first-order valence-corrected chi connectivity index (χ1v) is 11.2. The van der Waals surface area contributed by atoms with Crippen LogP contribution in [-0.2, 0) is 14.9 Å². The van der Waals surface area contributed by atoms with E-state index in [2.05, 4.69) is 20.8 Å². The zero-order valence-electron chi connectivity index (χ0n) is 20.4. The van der Waals surface area contributed by atoms with Gasteiger partial charge < -0.3 is 14.2 Å². The van der Waals surface area contributed by atoms with Crippen molar-refractivity contribution in [1.29, 1.82) is 21.6 Å². The van der Waals surface area contributed by atoms with Crippen LogP contribution >= 0.6 is 0 Å². The van der Waals surface area contributed by atoms with Gasteiger partial charge in [0.25, 0.3) is 0 Å². The van der Waals surface area contributed by atoms with E-state index in [1.165, 1.54) is 0 Å². The van der Waals surface area contributed by atoms with Crippen LogP contribution < -0.4 is 4.74 Å². The lowest BCUT2D eigenvalue weighted by Gasteiger charge is -2.19. The molecule has 0 atom stereocenters. The minimum absolute atomic E-state index is 0.00366. The third-order valence-corrected chi connectivity index (χ3v) is 5.22. The van der Waals surface area contributed by atoms with Gasteiger partial charge >= 0.3 is 0 Å². The molecule has 0 saturated heterocycles. The maximum absolute atomic E-state index is 8.30. The smallest absolute Gasteiger partial charge is 0.221 e. The van der Waals surface area contributed by atoms with Gasteiger partial charge in [0, 0.05) is 22.3 Å². The van der Waals surface area contributed by atoms with E-state index in [1.54, 1.807) is 48.5 Å². The Morgan fingerprint density at radius 2 is 1.09 bits per heavy atom. The van der Waals surface area contributed by atoms with Crippen molar-refractivity contribution in [2.24, 2.45) is 0 Å². The SMILES string of the molecule is CCOc1cccc(C(=N)OC(=N)c2cccc(C(=N)OC(=N)c3ccc(C(C)(C)C)cc3)c2)c1. The highest BCUT2D eigenvalue weighted by Crippen LogP contribution is 2.22. The van der Waals surface area contributed by atoms with Crippen LogP contribution in [-0.4, -0.2) is 30.2 Å². The summed E-state index contributed by atoms with van der Waals surface area (Å²) in [6.45, 7) is 8.74. The first-order valence-electron chi connectivity index (χ1n) is 11.2. The Kier molecular flexibility index (Phi) is 7.81. The van der Waals surface area contributed by atoms with Crippen LogP contribution in [0.4, 0.5) is 0 Å². The molecule has 0 amide bonds. The molecule has 0 saturated carbocycles. The van der Waals surface area contributed by atoms with Crippen LogP contribution in [0.1, 0.15) is 55.5 Å². The molecule has 3 aromatic carbocycles. The molecule has 0 fully saturated rings. The monoisotopic (exact) mass is 470 g/mol. The minimum atomic E-state index is -0.237. The molecule has 3 aromatic rings. The van der Waals surface area contributed by atoms with Gasteiger partial charge in [-0.1, -0.05) is 45.0 Å². The van der Waals surface area contributed by atoms with Crippen molar-refractivity contribution in [3.8, 4) is 5.75 Å². The second-order valence-electron chi connectivity index (χ2n) is 8.89. The molecule has 4 N–H and O–H groups in total. The number of rotatable bonds is 6. The van der Waals surface area contributed by atoms with Gasteiger partial charge in [0.05, 0.1) is 6.61 Å². The quantitative estimate of drug-likeness (QED) is 0.256. The molecule has 0 unspecified atom stereocenters. The standard InChI is InChI=1S/C28H30N4O3/c1-5-33-23-11-7-10-21(17-23)27(32)35-26(31)20-9-6-8-19(16-20)25(30)34-24(29)18-12-14-22(15-13-18)28(2,3)4/h6-17,29-32H,5H2,1-4H3. The first kappa shape index (κ1) is 25.4. The summed E-state index contributed by atoms with van der Waals surface area (Å²) in [6.07, 6.45) is 0. The van der Waals surface area contributed by atoms with Crippen LogP contribution in [0.5, 0.6) is 5.75 Å². The lowest BCUT2D eigenvalue weighted by Crippen LogP contribution is -2.16. The molecule has 0 aromatic heterocycles. The molecule has 3 rings (SSSR count). The Bertz CT molecular complexity index is 1260. The summed E-state index contributed by atoms with van der Waals surface area (Å²) in [7, 11) is 0. The molecular weight excluding hydrogens is 440 g/mol. The fourth-order valence-corrected chi connectivity index (χ4v) is 3.26. The Balaban J connectivity index is 1.67. The average Bonchev–Trinajstić information content (AvgIpc) is 2.84. The summed E-state index contributed by atoms with van der Waals surface area (Å²) in [5.41, 5.74) is 2.96. The van der Waals surface area contributed by atoms with Crippen molar-refractivity contribution in [2.75, 3.05) is 6.61 Å².